The molecule has 0 saturated heterocycles. The summed E-state index contributed by atoms with van der Waals surface area (Å²) >= 11 is 0. The molecule has 0 saturated carbocycles. The highest BCUT2D eigenvalue weighted by Crippen LogP contribution is 2.15. The maximum Gasteiger partial charge on any atom is 0.00696 e. The quantitative estimate of drug-likeness (QED) is 0.618. The smallest absolute Gasteiger partial charge is 0.00696 e. The van der Waals surface area contributed by atoms with E-state index in [4.69, 9.17) is 11.5 Å². The molecule has 0 aliphatic rings. The van der Waals surface area contributed by atoms with Crippen molar-refractivity contribution in [2.45, 2.75) is 52.9 Å². The zero-order chi connectivity index (χ0) is 11.0. The molecule has 0 aliphatic heterocycles. The Hall–Kier alpha value is -0.500. The topological polar surface area (TPSA) is 52.0 Å². The van der Waals surface area contributed by atoms with Crippen molar-refractivity contribution in [2.75, 3.05) is 6.54 Å². The van der Waals surface area contributed by atoms with Gasteiger partial charge in [-0.05, 0) is 45.1 Å². The first kappa shape index (κ1) is 13.5. The maximum absolute atomic E-state index is 6.00. The summed E-state index contributed by atoms with van der Waals surface area (Å²) in [5, 5.41) is 0. The van der Waals surface area contributed by atoms with Crippen LogP contribution in [0.25, 0.3) is 0 Å². The van der Waals surface area contributed by atoms with Crippen molar-refractivity contribution < 1.29 is 0 Å². The van der Waals surface area contributed by atoms with Gasteiger partial charge in [-0.3, -0.25) is 0 Å². The number of hydrogen-bond donors (Lipinski definition) is 2. The second kappa shape index (κ2) is 7.86. The summed E-state index contributed by atoms with van der Waals surface area (Å²) in [6.07, 6.45) is 5.67. The molecule has 0 bridgehead atoms. The van der Waals surface area contributed by atoms with Crippen LogP contribution in [0, 0.1) is 5.92 Å². The molecule has 0 heterocycles. The number of hydrogen-bond acceptors (Lipinski definition) is 2. The first-order valence-electron chi connectivity index (χ1n) is 5.72. The Bertz CT molecular complexity index is 171. The minimum absolute atomic E-state index is 0.706. The van der Waals surface area contributed by atoms with Crippen LogP contribution in [0.4, 0.5) is 0 Å². The fourth-order valence-corrected chi connectivity index (χ4v) is 1.59. The van der Waals surface area contributed by atoms with E-state index in [9.17, 15) is 0 Å². The average molecular weight is 198 g/mol. The van der Waals surface area contributed by atoms with Crippen LogP contribution in [0.1, 0.15) is 52.9 Å². The van der Waals surface area contributed by atoms with E-state index in [1.165, 1.54) is 18.4 Å². The van der Waals surface area contributed by atoms with E-state index in [0.717, 1.165) is 31.5 Å². The number of allylic oxidation sites excluding steroid dienone is 2. The van der Waals surface area contributed by atoms with Gasteiger partial charge in [0.05, 0.1) is 0 Å². The van der Waals surface area contributed by atoms with Crippen molar-refractivity contribution >= 4 is 0 Å². The van der Waals surface area contributed by atoms with Gasteiger partial charge >= 0.3 is 0 Å². The van der Waals surface area contributed by atoms with Gasteiger partial charge in [0, 0.05) is 5.70 Å². The van der Waals surface area contributed by atoms with Gasteiger partial charge in [0.1, 0.15) is 0 Å². The zero-order valence-corrected chi connectivity index (χ0v) is 9.97. The Balaban J connectivity index is 3.73. The molecular formula is C12H26N2. The van der Waals surface area contributed by atoms with Crippen molar-refractivity contribution in [3.63, 3.8) is 0 Å². The Kier molecular flexibility index (Phi) is 7.58. The molecule has 2 heteroatoms. The molecule has 4 N–H and O–H groups in total. The van der Waals surface area contributed by atoms with Crippen LogP contribution in [0.2, 0.25) is 0 Å². The Morgan fingerprint density at radius 2 is 1.79 bits per heavy atom. The molecule has 84 valence electrons. The Morgan fingerprint density at radius 3 is 2.29 bits per heavy atom. The van der Waals surface area contributed by atoms with Gasteiger partial charge in [-0.25, -0.2) is 0 Å². The van der Waals surface area contributed by atoms with Crippen LogP contribution in [0.5, 0.6) is 0 Å². The van der Waals surface area contributed by atoms with Crippen molar-refractivity contribution in [3.8, 4) is 0 Å². The first-order chi connectivity index (χ1) is 6.57. The first-order valence-corrected chi connectivity index (χ1v) is 5.72. The lowest BCUT2D eigenvalue weighted by Gasteiger charge is -2.09. The van der Waals surface area contributed by atoms with E-state index in [-0.39, 0.29) is 0 Å². The van der Waals surface area contributed by atoms with E-state index in [1.807, 2.05) is 0 Å². The molecule has 0 aromatic carbocycles. The molecule has 0 aliphatic carbocycles. The monoisotopic (exact) mass is 198 g/mol. The van der Waals surface area contributed by atoms with Crippen molar-refractivity contribution in [3.05, 3.63) is 11.3 Å². The molecular weight excluding hydrogens is 172 g/mol. The molecule has 0 aromatic rings. The fraction of sp³-hybridized carbons (Fsp3) is 0.833. The van der Waals surface area contributed by atoms with Crippen LogP contribution in [0.3, 0.4) is 0 Å². The van der Waals surface area contributed by atoms with Gasteiger partial charge in [0.25, 0.3) is 0 Å². The summed E-state index contributed by atoms with van der Waals surface area (Å²) in [6.45, 7) is 7.41. The van der Waals surface area contributed by atoms with Gasteiger partial charge in [0.2, 0.25) is 0 Å². The lowest BCUT2D eigenvalue weighted by molar-refractivity contribution is 0.626. The highest BCUT2D eigenvalue weighted by atomic mass is 14.6. The van der Waals surface area contributed by atoms with Crippen LogP contribution in [-0.2, 0) is 0 Å². The predicted molar refractivity (Wildman–Crippen MR) is 63.9 cm³/mol. The third-order valence-electron chi connectivity index (χ3n) is 2.41. The fourth-order valence-electron chi connectivity index (χ4n) is 1.59. The Labute approximate surface area is 88.7 Å². The van der Waals surface area contributed by atoms with Crippen LogP contribution >= 0.6 is 0 Å². The van der Waals surface area contributed by atoms with Crippen molar-refractivity contribution in [1.82, 2.24) is 0 Å². The molecule has 0 fully saturated rings. The van der Waals surface area contributed by atoms with E-state index >= 15 is 0 Å². The highest BCUT2D eigenvalue weighted by Gasteiger charge is 2.01. The van der Waals surface area contributed by atoms with E-state index in [2.05, 4.69) is 20.8 Å². The summed E-state index contributed by atoms with van der Waals surface area (Å²) in [6, 6.07) is 0. The predicted octanol–water partition coefficient (Wildman–Crippen LogP) is 2.78. The lowest BCUT2D eigenvalue weighted by Crippen LogP contribution is -2.04. The highest BCUT2D eigenvalue weighted by molar-refractivity contribution is 5.08. The number of nitrogens with two attached hydrogens (primary N) is 2. The van der Waals surface area contributed by atoms with E-state index in [0.29, 0.717) is 5.92 Å². The molecule has 2 nitrogen and oxygen atoms in total. The summed E-state index contributed by atoms with van der Waals surface area (Å²) in [5.41, 5.74) is 13.9. The van der Waals surface area contributed by atoms with E-state index in [1.54, 1.807) is 0 Å². The summed E-state index contributed by atoms with van der Waals surface area (Å²) in [7, 11) is 0. The molecule has 0 radical (unpaired) electrons. The summed E-state index contributed by atoms with van der Waals surface area (Å²) in [5.74, 6) is 0.706. The van der Waals surface area contributed by atoms with Gasteiger partial charge in [-0.15, -0.1) is 0 Å². The van der Waals surface area contributed by atoms with Crippen molar-refractivity contribution in [2.24, 2.45) is 17.4 Å². The molecule has 0 spiro atoms. The van der Waals surface area contributed by atoms with Gasteiger partial charge in [-0.1, -0.05) is 25.8 Å². The summed E-state index contributed by atoms with van der Waals surface area (Å²) in [4.78, 5) is 0. The minimum atomic E-state index is 0.706. The molecule has 0 amide bonds. The van der Waals surface area contributed by atoms with Gasteiger partial charge in [-0.2, -0.15) is 0 Å². The van der Waals surface area contributed by atoms with Crippen LogP contribution < -0.4 is 11.5 Å². The largest absolute Gasteiger partial charge is 0.402 e. The molecule has 0 unspecified atom stereocenters. The molecule has 0 rings (SSSR count). The SMILES string of the molecule is CC(CC(C)C)=C(N)CCCCCN. The lowest BCUT2D eigenvalue weighted by atomic mass is 10.0. The molecule has 14 heavy (non-hydrogen) atoms. The third kappa shape index (κ3) is 6.96. The van der Waals surface area contributed by atoms with Crippen LogP contribution in [-0.4, -0.2) is 6.54 Å². The second-order valence-electron chi connectivity index (χ2n) is 4.50. The van der Waals surface area contributed by atoms with Gasteiger partial charge < -0.3 is 11.5 Å². The zero-order valence-electron chi connectivity index (χ0n) is 9.97. The average Bonchev–Trinajstić information content (AvgIpc) is 2.11. The normalized spacial score (nSPS) is 13.2. The standard InChI is InChI=1S/C12H26N2/c1-10(2)9-11(3)12(14)7-5-4-6-8-13/h10H,4-9,13-14H2,1-3H3. The minimum Gasteiger partial charge on any atom is -0.402 e. The third-order valence-corrected chi connectivity index (χ3v) is 2.41. The number of rotatable bonds is 7. The molecule has 0 atom stereocenters. The second-order valence-corrected chi connectivity index (χ2v) is 4.50. The van der Waals surface area contributed by atoms with E-state index < -0.39 is 0 Å². The molecule has 0 aromatic heterocycles. The number of unbranched alkanes of at least 4 members (excludes halogenated alkanes) is 2. The van der Waals surface area contributed by atoms with Crippen LogP contribution in [0.15, 0.2) is 11.3 Å². The summed E-state index contributed by atoms with van der Waals surface area (Å²) < 4.78 is 0. The Morgan fingerprint density at radius 1 is 1.14 bits per heavy atom. The maximum atomic E-state index is 6.00. The van der Waals surface area contributed by atoms with Crippen molar-refractivity contribution in [1.29, 1.82) is 0 Å². The van der Waals surface area contributed by atoms with Gasteiger partial charge in [0.15, 0.2) is 0 Å².